The summed E-state index contributed by atoms with van der Waals surface area (Å²) in [5.41, 5.74) is 1.12. The second kappa shape index (κ2) is 7.43. The molecule has 2 aliphatic rings. The van der Waals surface area contributed by atoms with Crippen LogP contribution < -0.4 is 15.0 Å². The summed E-state index contributed by atoms with van der Waals surface area (Å²) in [5.74, 6) is 1.80. The number of methoxy groups -OCH3 is 1. The van der Waals surface area contributed by atoms with Crippen LogP contribution in [0, 0.1) is 0 Å². The zero-order chi connectivity index (χ0) is 17.8. The number of benzene rings is 1. The van der Waals surface area contributed by atoms with Crippen molar-refractivity contribution in [3.05, 3.63) is 36.0 Å². The maximum Gasteiger partial charge on any atom is 0.244 e. The van der Waals surface area contributed by atoms with E-state index in [1.165, 1.54) is 0 Å². The molecule has 1 N–H and O–H groups in total. The van der Waals surface area contributed by atoms with Crippen LogP contribution in [0.3, 0.4) is 0 Å². The lowest BCUT2D eigenvalue weighted by molar-refractivity contribution is -0.169. The standard InChI is InChI=1S/C18H23N5O3/c1-24-15-4-2-14(3-5-15)12-19-17-21-16(13-20-22-17)23-8-6-18(7-9-23)25-10-11-26-18/h2-5,13H,6-12H2,1H3,(H,19,21,22). The maximum atomic E-state index is 5.77. The monoisotopic (exact) mass is 357 g/mol. The Kier molecular flexibility index (Phi) is 4.85. The molecule has 0 atom stereocenters. The Morgan fingerprint density at radius 3 is 2.58 bits per heavy atom. The van der Waals surface area contributed by atoms with Crippen molar-refractivity contribution < 1.29 is 14.2 Å². The fourth-order valence-corrected chi connectivity index (χ4v) is 3.31. The molecule has 0 bridgehead atoms. The van der Waals surface area contributed by atoms with Crippen LogP contribution in [0.25, 0.3) is 0 Å². The molecule has 2 saturated heterocycles. The SMILES string of the molecule is COc1ccc(CNc2nncc(N3CCC4(CC3)OCCO4)n2)cc1. The zero-order valence-electron chi connectivity index (χ0n) is 14.9. The lowest BCUT2D eigenvalue weighted by Crippen LogP contribution is -2.45. The van der Waals surface area contributed by atoms with Crippen molar-refractivity contribution in [1.82, 2.24) is 15.2 Å². The summed E-state index contributed by atoms with van der Waals surface area (Å²) in [6, 6.07) is 7.89. The van der Waals surface area contributed by atoms with E-state index in [-0.39, 0.29) is 5.79 Å². The minimum atomic E-state index is -0.383. The summed E-state index contributed by atoms with van der Waals surface area (Å²) in [7, 11) is 1.66. The highest BCUT2D eigenvalue weighted by Crippen LogP contribution is 2.32. The van der Waals surface area contributed by atoms with E-state index >= 15 is 0 Å². The average molecular weight is 357 g/mol. The molecule has 1 aromatic carbocycles. The first-order valence-corrected chi connectivity index (χ1v) is 8.86. The normalized spacial score (nSPS) is 18.9. The van der Waals surface area contributed by atoms with Crippen LogP contribution in [-0.4, -0.2) is 54.4 Å². The largest absolute Gasteiger partial charge is 0.497 e. The molecule has 0 amide bonds. The Labute approximate surface area is 152 Å². The van der Waals surface area contributed by atoms with Gasteiger partial charge in [-0.1, -0.05) is 12.1 Å². The first-order valence-electron chi connectivity index (χ1n) is 8.86. The van der Waals surface area contributed by atoms with Crippen molar-refractivity contribution in [2.75, 3.05) is 43.6 Å². The van der Waals surface area contributed by atoms with Crippen molar-refractivity contribution in [1.29, 1.82) is 0 Å². The highest BCUT2D eigenvalue weighted by Gasteiger charge is 2.40. The molecule has 2 fully saturated rings. The van der Waals surface area contributed by atoms with Gasteiger partial charge in [-0.2, -0.15) is 10.1 Å². The molecule has 0 saturated carbocycles. The number of nitrogens with zero attached hydrogens (tertiary/aromatic N) is 4. The summed E-state index contributed by atoms with van der Waals surface area (Å²) in [6.45, 7) is 3.66. The summed E-state index contributed by atoms with van der Waals surface area (Å²) < 4.78 is 16.7. The smallest absolute Gasteiger partial charge is 0.244 e. The Balaban J connectivity index is 1.35. The van der Waals surface area contributed by atoms with Gasteiger partial charge in [0.2, 0.25) is 5.95 Å². The van der Waals surface area contributed by atoms with Gasteiger partial charge >= 0.3 is 0 Å². The Morgan fingerprint density at radius 2 is 1.88 bits per heavy atom. The van der Waals surface area contributed by atoms with Crippen molar-refractivity contribution in [2.45, 2.75) is 25.2 Å². The molecule has 2 aliphatic heterocycles. The minimum Gasteiger partial charge on any atom is -0.497 e. The fraction of sp³-hybridized carbons (Fsp3) is 0.500. The molecule has 8 heteroatoms. The second-order valence-corrected chi connectivity index (χ2v) is 6.43. The van der Waals surface area contributed by atoms with Gasteiger partial charge in [0.05, 0.1) is 26.5 Å². The van der Waals surface area contributed by atoms with Gasteiger partial charge in [0.25, 0.3) is 0 Å². The van der Waals surface area contributed by atoms with E-state index in [9.17, 15) is 0 Å². The molecule has 0 unspecified atom stereocenters. The summed E-state index contributed by atoms with van der Waals surface area (Å²) in [4.78, 5) is 6.79. The predicted octanol–water partition coefficient (Wildman–Crippen LogP) is 1.84. The average Bonchev–Trinajstić information content (AvgIpc) is 3.15. The number of nitrogens with one attached hydrogen (secondary N) is 1. The van der Waals surface area contributed by atoms with Gasteiger partial charge in [-0.05, 0) is 17.7 Å². The summed E-state index contributed by atoms with van der Waals surface area (Å²) in [5, 5.41) is 11.4. The van der Waals surface area contributed by atoms with Gasteiger partial charge in [0.1, 0.15) is 5.75 Å². The van der Waals surface area contributed by atoms with Crippen molar-refractivity contribution >= 4 is 11.8 Å². The molecular formula is C18H23N5O3. The van der Waals surface area contributed by atoms with Gasteiger partial charge in [-0.15, -0.1) is 5.10 Å². The molecule has 138 valence electrons. The zero-order valence-corrected chi connectivity index (χ0v) is 14.9. The van der Waals surface area contributed by atoms with Gasteiger partial charge in [-0.25, -0.2) is 0 Å². The molecular weight excluding hydrogens is 334 g/mol. The van der Waals surface area contributed by atoms with Crippen LogP contribution in [0.1, 0.15) is 18.4 Å². The van der Waals surface area contributed by atoms with Crippen molar-refractivity contribution in [3.63, 3.8) is 0 Å². The van der Waals surface area contributed by atoms with Crippen LogP contribution in [-0.2, 0) is 16.0 Å². The molecule has 1 spiro atoms. The minimum absolute atomic E-state index is 0.383. The Hall–Kier alpha value is -2.45. The lowest BCUT2D eigenvalue weighted by atomic mass is 10.0. The molecule has 1 aromatic heterocycles. The van der Waals surface area contributed by atoms with Gasteiger partial charge < -0.3 is 24.4 Å². The number of ether oxygens (including phenoxy) is 3. The molecule has 0 radical (unpaired) electrons. The molecule has 3 heterocycles. The third kappa shape index (κ3) is 3.71. The predicted molar refractivity (Wildman–Crippen MR) is 96.2 cm³/mol. The van der Waals surface area contributed by atoms with Crippen LogP contribution in [0.5, 0.6) is 5.75 Å². The van der Waals surface area contributed by atoms with Crippen molar-refractivity contribution in [3.8, 4) is 5.75 Å². The Morgan fingerprint density at radius 1 is 1.15 bits per heavy atom. The van der Waals surface area contributed by atoms with E-state index in [1.807, 2.05) is 24.3 Å². The highest BCUT2D eigenvalue weighted by molar-refractivity contribution is 5.41. The molecule has 2 aromatic rings. The highest BCUT2D eigenvalue weighted by atomic mass is 16.7. The first kappa shape index (κ1) is 17.0. The van der Waals surface area contributed by atoms with E-state index in [4.69, 9.17) is 14.2 Å². The van der Waals surface area contributed by atoms with Gasteiger partial charge in [0.15, 0.2) is 11.6 Å². The van der Waals surface area contributed by atoms with Crippen LogP contribution in [0.4, 0.5) is 11.8 Å². The van der Waals surface area contributed by atoms with Crippen LogP contribution in [0.15, 0.2) is 30.5 Å². The number of rotatable bonds is 5. The van der Waals surface area contributed by atoms with Crippen LogP contribution >= 0.6 is 0 Å². The lowest BCUT2D eigenvalue weighted by Gasteiger charge is -2.37. The molecule has 4 rings (SSSR count). The molecule has 8 nitrogen and oxygen atoms in total. The van der Waals surface area contributed by atoms with Crippen molar-refractivity contribution in [2.24, 2.45) is 0 Å². The van der Waals surface area contributed by atoms with Gasteiger partial charge in [-0.3, -0.25) is 0 Å². The van der Waals surface area contributed by atoms with E-state index < -0.39 is 0 Å². The van der Waals surface area contributed by atoms with E-state index in [0.29, 0.717) is 25.7 Å². The Bertz CT molecular complexity index is 724. The number of anilines is 2. The fourth-order valence-electron chi connectivity index (χ4n) is 3.31. The number of hydrogen-bond acceptors (Lipinski definition) is 8. The number of piperidine rings is 1. The maximum absolute atomic E-state index is 5.77. The number of hydrogen-bond donors (Lipinski definition) is 1. The molecule has 26 heavy (non-hydrogen) atoms. The van der Waals surface area contributed by atoms with Gasteiger partial charge in [0, 0.05) is 32.5 Å². The van der Waals surface area contributed by atoms with E-state index in [2.05, 4.69) is 25.4 Å². The summed E-state index contributed by atoms with van der Waals surface area (Å²) >= 11 is 0. The third-order valence-corrected chi connectivity index (χ3v) is 4.82. The summed E-state index contributed by atoms with van der Waals surface area (Å²) in [6.07, 6.45) is 3.38. The number of aromatic nitrogens is 3. The first-order chi connectivity index (χ1) is 12.8. The van der Waals surface area contributed by atoms with Crippen LogP contribution in [0.2, 0.25) is 0 Å². The second-order valence-electron chi connectivity index (χ2n) is 6.43. The topological polar surface area (TPSA) is 81.6 Å². The quantitative estimate of drug-likeness (QED) is 0.868. The van der Waals surface area contributed by atoms with E-state index in [1.54, 1.807) is 13.3 Å². The molecule has 0 aliphatic carbocycles. The third-order valence-electron chi connectivity index (χ3n) is 4.82. The van der Waals surface area contributed by atoms with E-state index in [0.717, 1.165) is 43.1 Å².